The molecule has 6 rings (SSSR count). The summed E-state index contributed by atoms with van der Waals surface area (Å²) in [4.78, 5) is 25.0. The Bertz CT molecular complexity index is 846. The third-order valence-electron chi connectivity index (χ3n) is 4.96. The lowest BCUT2D eigenvalue weighted by molar-refractivity contribution is -0.115. The maximum atomic E-state index is 12.5. The van der Waals surface area contributed by atoms with E-state index in [9.17, 15) is 9.59 Å². The van der Waals surface area contributed by atoms with Crippen molar-refractivity contribution >= 4 is 11.6 Å². The number of carbonyl (C=O) groups is 2. The maximum Gasteiger partial charge on any atom is 0.184 e. The molecule has 2 bridgehead atoms. The molecular formula is C20H11O2+. The summed E-state index contributed by atoms with van der Waals surface area (Å²) in [6.45, 7) is 0. The van der Waals surface area contributed by atoms with Gasteiger partial charge in [0.15, 0.2) is 11.6 Å². The van der Waals surface area contributed by atoms with Gasteiger partial charge in [-0.3, -0.25) is 9.59 Å². The SMILES string of the molecule is O=C1C=CC(=O)C2=C1C1C3=C(C=C[C+]=C3)[C@H]2c2ccccc21. The van der Waals surface area contributed by atoms with Crippen LogP contribution < -0.4 is 0 Å². The molecule has 102 valence electrons. The molecule has 0 radical (unpaired) electrons. The van der Waals surface area contributed by atoms with E-state index in [1.807, 2.05) is 30.4 Å². The van der Waals surface area contributed by atoms with Crippen molar-refractivity contribution in [3.8, 4) is 0 Å². The van der Waals surface area contributed by atoms with Crippen LogP contribution in [-0.2, 0) is 9.59 Å². The quantitative estimate of drug-likeness (QED) is 0.541. The standard InChI is InChI=1S/C20H11O2/c21-15-9-10-16(22)20-18-12-6-2-1-5-11(12)17(19(15)20)13-7-3-4-8-14(13)18/h1-3,5-10,17-18H/q+1/t17-,18?/m1/s1. The predicted molar refractivity (Wildman–Crippen MR) is 82.1 cm³/mol. The Balaban J connectivity index is 1.88. The van der Waals surface area contributed by atoms with Crippen molar-refractivity contribution in [2.75, 3.05) is 0 Å². The molecule has 0 spiro atoms. The molecular weight excluding hydrogens is 272 g/mol. The zero-order valence-corrected chi connectivity index (χ0v) is 11.7. The molecule has 0 aliphatic heterocycles. The second-order valence-corrected chi connectivity index (χ2v) is 5.94. The third kappa shape index (κ3) is 1.24. The summed E-state index contributed by atoms with van der Waals surface area (Å²) in [6, 6.07) is 8.14. The summed E-state index contributed by atoms with van der Waals surface area (Å²) in [5.41, 5.74) is 5.90. The normalized spacial score (nSPS) is 26.9. The third-order valence-corrected chi connectivity index (χ3v) is 4.96. The maximum absolute atomic E-state index is 12.5. The molecule has 0 fully saturated rings. The van der Waals surface area contributed by atoms with Crippen LogP contribution in [0.3, 0.4) is 0 Å². The van der Waals surface area contributed by atoms with Crippen LogP contribution in [0.15, 0.2) is 76.9 Å². The minimum atomic E-state index is -0.134. The average Bonchev–Trinajstić information content (AvgIpc) is 2.58. The van der Waals surface area contributed by atoms with Gasteiger partial charge in [-0.05, 0) is 23.3 Å². The summed E-state index contributed by atoms with van der Waals surface area (Å²) in [6.07, 6.45) is 11.8. The van der Waals surface area contributed by atoms with Crippen LogP contribution in [0, 0.1) is 6.08 Å². The minimum absolute atomic E-state index is 0.0300. The van der Waals surface area contributed by atoms with Gasteiger partial charge in [0.05, 0.1) is 29.1 Å². The lowest BCUT2D eigenvalue weighted by Crippen LogP contribution is -2.35. The molecule has 1 aromatic rings. The van der Waals surface area contributed by atoms with E-state index in [4.69, 9.17) is 0 Å². The lowest BCUT2D eigenvalue weighted by atomic mass is 9.58. The van der Waals surface area contributed by atoms with Gasteiger partial charge in [-0.25, -0.2) is 0 Å². The fourth-order valence-corrected chi connectivity index (χ4v) is 4.15. The van der Waals surface area contributed by atoms with Crippen molar-refractivity contribution in [1.82, 2.24) is 0 Å². The first kappa shape index (κ1) is 11.8. The molecule has 0 N–H and O–H groups in total. The van der Waals surface area contributed by atoms with Gasteiger partial charge in [0.25, 0.3) is 0 Å². The van der Waals surface area contributed by atoms with Gasteiger partial charge in [0.1, 0.15) is 12.2 Å². The van der Waals surface area contributed by atoms with Crippen LogP contribution >= 0.6 is 0 Å². The van der Waals surface area contributed by atoms with Gasteiger partial charge in [-0.15, -0.1) is 0 Å². The Morgan fingerprint density at radius 2 is 1.36 bits per heavy atom. The molecule has 0 amide bonds. The molecule has 5 aliphatic rings. The number of ketones is 2. The molecule has 2 heteroatoms. The molecule has 1 unspecified atom stereocenters. The zero-order chi connectivity index (χ0) is 14.8. The van der Waals surface area contributed by atoms with E-state index >= 15 is 0 Å². The molecule has 22 heavy (non-hydrogen) atoms. The molecule has 2 atom stereocenters. The highest BCUT2D eigenvalue weighted by Crippen LogP contribution is 2.57. The van der Waals surface area contributed by atoms with Gasteiger partial charge < -0.3 is 0 Å². The minimum Gasteiger partial charge on any atom is -0.290 e. The highest BCUT2D eigenvalue weighted by Gasteiger charge is 2.51. The number of allylic oxidation sites excluding steroid dienone is 10. The van der Waals surface area contributed by atoms with Gasteiger partial charge in [-0.1, -0.05) is 24.3 Å². The number of hydrogen-bond donors (Lipinski definition) is 0. The summed E-state index contributed by atoms with van der Waals surface area (Å²) >= 11 is 0. The Morgan fingerprint density at radius 1 is 0.773 bits per heavy atom. The van der Waals surface area contributed by atoms with E-state index < -0.39 is 0 Å². The Morgan fingerprint density at radius 3 is 2.00 bits per heavy atom. The van der Waals surface area contributed by atoms with Crippen molar-refractivity contribution in [3.05, 3.63) is 94.1 Å². The summed E-state index contributed by atoms with van der Waals surface area (Å²) in [5.74, 6) is -0.321. The average molecular weight is 283 g/mol. The molecule has 5 aliphatic carbocycles. The van der Waals surface area contributed by atoms with Crippen molar-refractivity contribution in [3.63, 3.8) is 0 Å². The summed E-state index contributed by atoms with van der Waals surface area (Å²) < 4.78 is 0. The molecule has 0 heterocycles. The van der Waals surface area contributed by atoms with Gasteiger partial charge in [0.2, 0.25) is 0 Å². The largest absolute Gasteiger partial charge is 0.290 e. The van der Waals surface area contributed by atoms with E-state index in [0.717, 1.165) is 22.3 Å². The van der Waals surface area contributed by atoms with E-state index in [1.54, 1.807) is 0 Å². The first-order chi connectivity index (χ1) is 10.8. The molecule has 2 nitrogen and oxygen atoms in total. The van der Waals surface area contributed by atoms with Crippen LogP contribution in [0.1, 0.15) is 23.0 Å². The van der Waals surface area contributed by atoms with Gasteiger partial charge in [-0.2, -0.15) is 0 Å². The highest BCUT2D eigenvalue weighted by molar-refractivity contribution is 6.23. The highest BCUT2D eigenvalue weighted by atomic mass is 16.1. The second kappa shape index (κ2) is 3.88. The number of carbonyl (C=O) groups excluding carboxylic acids is 2. The van der Waals surface area contributed by atoms with Crippen LogP contribution in [0.5, 0.6) is 0 Å². The lowest BCUT2D eigenvalue weighted by Gasteiger charge is -2.40. The second-order valence-electron chi connectivity index (χ2n) is 5.94. The Labute approximate surface area is 127 Å². The van der Waals surface area contributed by atoms with Crippen molar-refractivity contribution < 1.29 is 9.59 Å². The Hall–Kier alpha value is -2.83. The first-order valence-electron chi connectivity index (χ1n) is 7.37. The summed E-state index contributed by atoms with van der Waals surface area (Å²) in [7, 11) is 0. The number of benzene rings is 1. The van der Waals surface area contributed by atoms with Crippen LogP contribution in [0.25, 0.3) is 0 Å². The number of rotatable bonds is 0. The smallest absolute Gasteiger partial charge is 0.184 e. The predicted octanol–water partition coefficient (Wildman–Crippen LogP) is 3.11. The fraction of sp³-hybridized carbons (Fsp3) is 0.100. The number of hydrogen-bond acceptors (Lipinski definition) is 2. The van der Waals surface area contributed by atoms with Gasteiger partial charge in [0, 0.05) is 17.2 Å². The van der Waals surface area contributed by atoms with Crippen molar-refractivity contribution in [2.24, 2.45) is 0 Å². The van der Waals surface area contributed by atoms with E-state index in [1.165, 1.54) is 12.2 Å². The molecule has 0 aromatic heterocycles. The summed E-state index contributed by atoms with van der Waals surface area (Å²) in [5, 5.41) is 0. The molecule has 0 saturated heterocycles. The van der Waals surface area contributed by atoms with Crippen molar-refractivity contribution in [2.45, 2.75) is 11.8 Å². The topological polar surface area (TPSA) is 34.1 Å². The fourth-order valence-electron chi connectivity index (χ4n) is 4.15. The monoisotopic (exact) mass is 283 g/mol. The van der Waals surface area contributed by atoms with Crippen molar-refractivity contribution in [1.29, 1.82) is 0 Å². The van der Waals surface area contributed by atoms with Gasteiger partial charge >= 0.3 is 0 Å². The molecule has 1 aromatic carbocycles. The van der Waals surface area contributed by atoms with Crippen LogP contribution in [-0.4, -0.2) is 11.6 Å². The first-order valence-corrected chi connectivity index (χ1v) is 7.37. The van der Waals surface area contributed by atoms with Crippen LogP contribution in [0.2, 0.25) is 0 Å². The zero-order valence-electron chi connectivity index (χ0n) is 11.7. The van der Waals surface area contributed by atoms with Crippen LogP contribution in [0.4, 0.5) is 0 Å². The van der Waals surface area contributed by atoms with E-state index in [-0.39, 0.29) is 23.4 Å². The van der Waals surface area contributed by atoms with E-state index in [2.05, 4.69) is 18.2 Å². The van der Waals surface area contributed by atoms with E-state index in [0.29, 0.717) is 11.1 Å². The Kier molecular flexibility index (Phi) is 2.08. The molecule has 0 saturated carbocycles.